The van der Waals surface area contributed by atoms with Crippen molar-refractivity contribution < 1.29 is 0 Å². The number of halogens is 1. The molecule has 0 fully saturated rings. The summed E-state index contributed by atoms with van der Waals surface area (Å²) in [5.41, 5.74) is 2.09. The highest BCUT2D eigenvalue weighted by Gasteiger charge is 2.16. The summed E-state index contributed by atoms with van der Waals surface area (Å²) in [6.45, 7) is 8.07. The Bertz CT molecular complexity index is 346. The largest absolute Gasteiger partial charge is 0.313 e. The molecule has 0 saturated carbocycles. The van der Waals surface area contributed by atoms with Crippen LogP contribution < -0.4 is 5.32 Å². The van der Waals surface area contributed by atoms with Gasteiger partial charge in [0.1, 0.15) is 0 Å². The van der Waals surface area contributed by atoms with Crippen LogP contribution >= 0.6 is 23.4 Å². The zero-order valence-electron chi connectivity index (χ0n) is 11.1. The lowest BCUT2D eigenvalue weighted by Crippen LogP contribution is -2.34. The van der Waals surface area contributed by atoms with Crippen molar-refractivity contribution in [3.05, 3.63) is 16.4 Å². The Labute approximate surface area is 113 Å². The lowest BCUT2D eigenvalue weighted by molar-refractivity contribution is 0.533. The third kappa shape index (κ3) is 3.90. The predicted octanol–water partition coefficient (Wildman–Crippen LogP) is 2.75. The van der Waals surface area contributed by atoms with Gasteiger partial charge in [-0.25, -0.2) is 0 Å². The maximum atomic E-state index is 6.32. The second kappa shape index (κ2) is 7.29. The van der Waals surface area contributed by atoms with Gasteiger partial charge >= 0.3 is 0 Å². The molecule has 1 aromatic heterocycles. The van der Waals surface area contributed by atoms with Gasteiger partial charge in [-0.3, -0.25) is 4.68 Å². The average molecular weight is 276 g/mol. The van der Waals surface area contributed by atoms with Crippen molar-refractivity contribution >= 4 is 23.4 Å². The van der Waals surface area contributed by atoms with Gasteiger partial charge in [-0.05, 0) is 26.6 Å². The van der Waals surface area contributed by atoms with Crippen LogP contribution in [0.15, 0.2) is 0 Å². The van der Waals surface area contributed by atoms with Gasteiger partial charge in [0.15, 0.2) is 0 Å². The van der Waals surface area contributed by atoms with Crippen LogP contribution in [0.25, 0.3) is 0 Å². The number of aromatic nitrogens is 2. The molecule has 1 aromatic rings. The van der Waals surface area contributed by atoms with Crippen molar-refractivity contribution in [2.24, 2.45) is 0 Å². The first-order valence-electron chi connectivity index (χ1n) is 6.08. The summed E-state index contributed by atoms with van der Waals surface area (Å²) in [6, 6.07) is 0.467. The number of aryl methyl sites for hydroxylation is 2. The number of hydrogen-bond acceptors (Lipinski definition) is 3. The number of nitrogens with one attached hydrogen (secondary N) is 1. The lowest BCUT2D eigenvalue weighted by atomic mass is 10.1. The first kappa shape index (κ1) is 14.9. The van der Waals surface area contributed by atoms with Crippen molar-refractivity contribution in [3.63, 3.8) is 0 Å². The fourth-order valence-electron chi connectivity index (χ4n) is 1.98. The Hall–Kier alpha value is -0.190. The summed E-state index contributed by atoms with van der Waals surface area (Å²) in [6.07, 6.45) is 3.08. The summed E-state index contributed by atoms with van der Waals surface area (Å²) in [5.74, 6) is 1.10. The number of nitrogens with zero attached hydrogens (tertiary/aromatic N) is 2. The fourth-order valence-corrected chi connectivity index (χ4v) is 2.83. The van der Waals surface area contributed by atoms with Gasteiger partial charge in [-0.2, -0.15) is 16.9 Å². The van der Waals surface area contributed by atoms with E-state index in [1.54, 1.807) is 0 Å². The third-order valence-corrected chi connectivity index (χ3v) is 3.98. The molecule has 17 heavy (non-hydrogen) atoms. The molecule has 0 radical (unpaired) electrons. The van der Waals surface area contributed by atoms with E-state index in [2.05, 4.69) is 30.5 Å². The highest BCUT2D eigenvalue weighted by atomic mass is 35.5. The fraction of sp³-hybridized carbons (Fsp3) is 0.750. The molecule has 0 spiro atoms. The molecular formula is C12H22ClN3S. The minimum Gasteiger partial charge on any atom is -0.313 e. The maximum Gasteiger partial charge on any atom is 0.0847 e. The van der Waals surface area contributed by atoms with Gasteiger partial charge in [0, 0.05) is 24.8 Å². The molecule has 1 unspecified atom stereocenters. The number of hydrogen-bond donors (Lipinski definition) is 1. The lowest BCUT2D eigenvalue weighted by Gasteiger charge is -2.17. The molecule has 0 aliphatic rings. The SMILES string of the molecule is CCNC(CSC)Cc1c(Cl)c(C)nn1CC. The molecule has 0 amide bonds. The summed E-state index contributed by atoms with van der Waals surface area (Å²) in [7, 11) is 0. The molecule has 0 aliphatic heterocycles. The van der Waals surface area contributed by atoms with E-state index in [0.29, 0.717) is 6.04 Å². The highest BCUT2D eigenvalue weighted by Crippen LogP contribution is 2.22. The normalized spacial score (nSPS) is 13.0. The van der Waals surface area contributed by atoms with E-state index in [0.717, 1.165) is 41.7 Å². The van der Waals surface area contributed by atoms with Gasteiger partial charge < -0.3 is 5.32 Å². The molecule has 5 heteroatoms. The maximum absolute atomic E-state index is 6.32. The average Bonchev–Trinajstić information content (AvgIpc) is 2.57. The Kier molecular flexibility index (Phi) is 6.38. The number of likely N-dealkylation sites (N-methyl/N-ethyl adjacent to an activating group) is 1. The van der Waals surface area contributed by atoms with Crippen molar-refractivity contribution in [3.8, 4) is 0 Å². The molecule has 98 valence electrons. The molecule has 0 bridgehead atoms. The van der Waals surface area contributed by atoms with Crippen molar-refractivity contribution in [1.29, 1.82) is 0 Å². The molecule has 3 nitrogen and oxygen atoms in total. The van der Waals surface area contributed by atoms with Crippen LogP contribution in [-0.2, 0) is 13.0 Å². The quantitative estimate of drug-likeness (QED) is 0.830. The van der Waals surface area contributed by atoms with E-state index in [4.69, 9.17) is 11.6 Å². The molecule has 1 atom stereocenters. The molecule has 0 aliphatic carbocycles. The molecular weight excluding hydrogens is 254 g/mol. The van der Waals surface area contributed by atoms with Crippen LogP contribution in [-0.4, -0.2) is 34.4 Å². The van der Waals surface area contributed by atoms with Crippen LogP contribution in [0.1, 0.15) is 25.2 Å². The van der Waals surface area contributed by atoms with Crippen molar-refractivity contribution in [2.45, 2.75) is 39.8 Å². The van der Waals surface area contributed by atoms with Crippen LogP contribution in [0.2, 0.25) is 5.02 Å². The molecule has 1 heterocycles. The number of thioether (sulfide) groups is 1. The van der Waals surface area contributed by atoms with Crippen LogP contribution in [0.4, 0.5) is 0 Å². The monoisotopic (exact) mass is 275 g/mol. The molecule has 1 N–H and O–H groups in total. The minimum absolute atomic E-state index is 0.467. The van der Waals surface area contributed by atoms with Gasteiger partial charge in [0.25, 0.3) is 0 Å². The Morgan fingerprint density at radius 2 is 2.18 bits per heavy atom. The molecule has 1 rings (SSSR count). The van der Waals surface area contributed by atoms with Crippen LogP contribution in [0.3, 0.4) is 0 Å². The smallest absolute Gasteiger partial charge is 0.0847 e. The Morgan fingerprint density at radius 3 is 2.71 bits per heavy atom. The van der Waals surface area contributed by atoms with E-state index in [1.807, 2.05) is 23.4 Å². The van der Waals surface area contributed by atoms with E-state index in [-0.39, 0.29) is 0 Å². The molecule has 0 aromatic carbocycles. The van der Waals surface area contributed by atoms with Gasteiger partial charge in [-0.15, -0.1) is 0 Å². The summed E-state index contributed by atoms with van der Waals surface area (Å²) in [5, 5.41) is 8.78. The van der Waals surface area contributed by atoms with Crippen molar-refractivity contribution in [2.75, 3.05) is 18.6 Å². The van der Waals surface area contributed by atoms with Gasteiger partial charge in [0.2, 0.25) is 0 Å². The molecule has 0 saturated heterocycles. The van der Waals surface area contributed by atoms with E-state index < -0.39 is 0 Å². The standard InChI is InChI=1S/C12H22ClN3S/c1-5-14-10(8-17-4)7-11-12(13)9(3)15-16(11)6-2/h10,14H,5-8H2,1-4H3. The third-order valence-electron chi connectivity index (χ3n) is 2.75. The van der Waals surface area contributed by atoms with Crippen LogP contribution in [0.5, 0.6) is 0 Å². The summed E-state index contributed by atoms with van der Waals surface area (Å²) >= 11 is 8.18. The van der Waals surface area contributed by atoms with Crippen LogP contribution in [0, 0.1) is 6.92 Å². The first-order chi connectivity index (χ1) is 8.13. The zero-order chi connectivity index (χ0) is 12.8. The Balaban J connectivity index is 2.83. The van der Waals surface area contributed by atoms with Gasteiger partial charge in [0.05, 0.1) is 16.4 Å². The summed E-state index contributed by atoms with van der Waals surface area (Å²) in [4.78, 5) is 0. The van der Waals surface area contributed by atoms with Gasteiger partial charge in [-0.1, -0.05) is 18.5 Å². The first-order valence-corrected chi connectivity index (χ1v) is 7.85. The summed E-state index contributed by atoms with van der Waals surface area (Å²) < 4.78 is 2.02. The van der Waals surface area contributed by atoms with E-state index >= 15 is 0 Å². The topological polar surface area (TPSA) is 29.9 Å². The zero-order valence-corrected chi connectivity index (χ0v) is 12.7. The van der Waals surface area contributed by atoms with E-state index in [1.165, 1.54) is 0 Å². The minimum atomic E-state index is 0.467. The highest BCUT2D eigenvalue weighted by molar-refractivity contribution is 7.98. The predicted molar refractivity (Wildman–Crippen MR) is 77.2 cm³/mol. The van der Waals surface area contributed by atoms with E-state index in [9.17, 15) is 0 Å². The second-order valence-electron chi connectivity index (χ2n) is 4.08. The van der Waals surface area contributed by atoms with Crippen molar-refractivity contribution in [1.82, 2.24) is 15.1 Å². The number of rotatable bonds is 7. The second-order valence-corrected chi connectivity index (χ2v) is 5.36. The Morgan fingerprint density at radius 1 is 1.47 bits per heavy atom.